The quantitative estimate of drug-likeness (QED) is 0.579. The number of rotatable bonds is 3. The van der Waals surface area contributed by atoms with E-state index in [2.05, 4.69) is 0 Å². The molecule has 1 fully saturated rings. The van der Waals surface area contributed by atoms with Crippen molar-refractivity contribution in [1.82, 2.24) is 0 Å². The molecule has 2 aliphatic rings. The van der Waals surface area contributed by atoms with Gasteiger partial charge in [-0.15, -0.1) is 0 Å². The Kier molecular flexibility index (Phi) is 1.53. The van der Waals surface area contributed by atoms with E-state index in [1.54, 1.807) is 12.5 Å². The molecule has 1 atom stereocenters. The Balaban J connectivity index is 1.74. The third-order valence-electron chi connectivity index (χ3n) is 2.01. The lowest BCUT2D eigenvalue weighted by atomic mass is 10.1. The van der Waals surface area contributed by atoms with Crippen LogP contribution in [-0.2, 0) is 14.2 Å². The van der Waals surface area contributed by atoms with Crippen LogP contribution in [0.4, 0.5) is 0 Å². The van der Waals surface area contributed by atoms with Gasteiger partial charge in [0.2, 0.25) is 5.79 Å². The molecule has 0 aromatic carbocycles. The van der Waals surface area contributed by atoms with Gasteiger partial charge in [-0.2, -0.15) is 0 Å². The summed E-state index contributed by atoms with van der Waals surface area (Å²) in [5, 5.41) is 0. The monoisotopic (exact) mass is 156 g/mol. The minimum atomic E-state index is -0.425. The molecule has 3 heteroatoms. The van der Waals surface area contributed by atoms with Crippen LogP contribution in [-0.4, -0.2) is 18.5 Å². The molecular weight excluding hydrogens is 144 g/mol. The zero-order chi connectivity index (χ0) is 7.73. The van der Waals surface area contributed by atoms with Crippen LogP contribution >= 0.6 is 0 Å². The fourth-order valence-electron chi connectivity index (χ4n) is 1.15. The molecule has 0 aromatic rings. The first-order chi connectivity index (χ1) is 5.29. The van der Waals surface area contributed by atoms with Crippen molar-refractivity contribution in [3.05, 3.63) is 12.5 Å². The highest BCUT2D eigenvalue weighted by atomic mass is 16.7. The third-order valence-corrected chi connectivity index (χ3v) is 2.01. The highest BCUT2D eigenvalue weighted by molar-refractivity contribution is 4.82. The fourth-order valence-corrected chi connectivity index (χ4v) is 1.15. The van der Waals surface area contributed by atoms with Gasteiger partial charge in [-0.3, -0.25) is 0 Å². The second-order valence-electron chi connectivity index (χ2n) is 3.14. The van der Waals surface area contributed by atoms with Gasteiger partial charge in [-0.25, -0.2) is 0 Å². The molecule has 0 spiro atoms. The van der Waals surface area contributed by atoms with Crippen LogP contribution in [0.25, 0.3) is 0 Å². The van der Waals surface area contributed by atoms with E-state index in [0.717, 1.165) is 19.4 Å². The van der Waals surface area contributed by atoms with Crippen LogP contribution in [0.2, 0.25) is 0 Å². The van der Waals surface area contributed by atoms with Crippen molar-refractivity contribution in [1.29, 1.82) is 0 Å². The van der Waals surface area contributed by atoms with Crippen molar-refractivity contribution < 1.29 is 14.2 Å². The van der Waals surface area contributed by atoms with Gasteiger partial charge in [0.05, 0.1) is 12.7 Å². The molecule has 3 nitrogen and oxygen atoms in total. The summed E-state index contributed by atoms with van der Waals surface area (Å²) in [7, 11) is 0. The standard InChI is InChI=1S/C8H12O3/c1-8(10-4-5-11-8)3-2-7-6-9-7/h4-5,7H,2-3,6H2,1H3. The summed E-state index contributed by atoms with van der Waals surface area (Å²) < 4.78 is 15.6. The minimum Gasteiger partial charge on any atom is -0.457 e. The van der Waals surface area contributed by atoms with Gasteiger partial charge >= 0.3 is 0 Å². The average Bonchev–Trinajstić information content (AvgIpc) is 2.73. The van der Waals surface area contributed by atoms with Crippen molar-refractivity contribution >= 4 is 0 Å². The maximum absolute atomic E-state index is 5.26. The summed E-state index contributed by atoms with van der Waals surface area (Å²) >= 11 is 0. The van der Waals surface area contributed by atoms with Gasteiger partial charge in [0.1, 0.15) is 12.5 Å². The Morgan fingerprint density at radius 1 is 1.45 bits per heavy atom. The van der Waals surface area contributed by atoms with Crippen LogP contribution in [0.3, 0.4) is 0 Å². The van der Waals surface area contributed by atoms with Crippen LogP contribution in [0.15, 0.2) is 12.5 Å². The molecular formula is C8H12O3. The molecule has 2 heterocycles. The summed E-state index contributed by atoms with van der Waals surface area (Å²) in [4.78, 5) is 0. The van der Waals surface area contributed by atoms with E-state index < -0.39 is 5.79 Å². The molecule has 0 amide bonds. The Hall–Kier alpha value is -0.700. The molecule has 0 radical (unpaired) electrons. The van der Waals surface area contributed by atoms with E-state index in [9.17, 15) is 0 Å². The lowest BCUT2D eigenvalue weighted by Gasteiger charge is -2.22. The van der Waals surface area contributed by atoms with E-state index in [-0.39, 0.29) is 0 Å². The largest absolute Gasteiger partial charge is 0.457 e. The van der Waals surface area contributed by atoms with Gasteiger partial charge in [-0.05, 0) is 6.42 Å². The molecule has 0 aliphatic carbocycles. The topological polar surface area (TPSA) is 31.0 Å². The zero-order valence-electron chi connectivity index (χ0n) is 6.58. The third kappa shape index (κ3) is 1.66. The Bertz CT molecular complexity index is 164. The zero-order valence-corrected chi connectivity index (χ0v) is 6.58. The van der Waals surface area contributed by atoms with E-state index in [1.165, 1.54) is 0 Å². The molecule has 11 heavy (non-hydrogen) atoms. The van der Waals surface area contributed by atoms with E-state index in [1.807, 2.05) is 6.92 Å². The van der Waals surface area contributed by atoms with E-state index >= 15 is 0 Å². The first kappa shape index (κ1) is 6.98. The summed E-state index contributed by atoms with van der Waals surface area (Å²) in [5.41, 5.74) is 0. The fraction of sp³-hybridized carbons (Fsp3) is 0.750. The predicted octanol–water partition coefficient (Wildman–Crippen LogP) is 1.40. The molecule has 0 aromatic heterocycles. The molecule has 2 aliphatic heterocycles. The Morgan fingerprint density at radius 2 is 2.09 bits per heavy atom. The second-order valence-corrected chi connectivity index (χ2v) is 3.14. The van der Waals surface area contributed by atoms with Gasteiger partial charge in [0.25, 0.3) is 0 Å². The molecule has 1 unspecified atom stereocenters. The highest BCUT2D eigenvalue weighted by Gasteiger charge is 2.33. The normalized spacial score (nSPS) is 31.2. The van der Waals surface area contributed by atoms with Gasteiger partial charge < -0.3 is 14.2 Å². The lowest BCUT2D eigenvalue weighted by Crippen LogP contribution is -2.25. The number of ether oxygens (including phenoxy) is 3. The predicted molar refractivity (Wildman–Crippen MR) is 38.7 cm³/mol. The smallest absolute Gasteiger partial charge is 0.247 e. The minimum absolute atomic E-state index is 0.425. The first-order valence-corrected chi connectivity index (χ1v) is 3.91. The number of hydrogen-bond acceptors (Lipinski definition) is 3. The van der Waals surface area contributed by atoms with Crippen LogP contribution in [0.5, 0.6) is 0 Å². The van der Waals surface area contributed by atoms with Gasteiger partial charge in [-0.1, -0.05) is 0 Å². The number of hydrogen-bond donors (Lipinski definition) is 0. The summed E-state index contributed by atoms with van der Waals surface area (Å²) in [6.07, 6.45) is 5.56. The molecule has 1 saturated heterocycles. The van der Waals surface area contributed by atoms with Crippen LogP contribution in [0, 0.1) is 0 Å². The van der Waals surface area contributed by atoms with Crippen LogP contribution in [0.1, 0.15) is 19.8 Å². The van der Waals surface area contributed by atoms with Crippen molar-refractivity contribution in [2.75, 3.05) is 6.61 Å². The molecule has 0 saturated carbocycles. The first-order valence-electron chi connectivity index (χ1n) is 3.91. The SMILES string of the molecule is CC1(CCC2CO2)OC=CO1. The molecule has 0 bridgehead atoms. The molecule has 62 valence electrons. The Morgan fingerprint density at radius 3 is 2.64 bits per heavy atom. The summed E-state index contributed by atoms with van der Waals surface area (Å²) in [6, 6.07) is 0. The second kappa shape index (κ2) is 2.41. The number of epoxide rings is 1. The summed E-state index contributed by atoms with van der Waals surface area (Å²) in [6.45, 7) is 2.85. The maximum atomic E-state index is 5.26. The van der Waals surface area contributed by atoms with E-state index in [4.69, 9.17) is 14.2 Å². The lowest BCUT2D eigenvalue weighted by molar-refractivity contribution is -0.132. The van der Waals surface area contributed by atoms with Crippen molar-refractivity contribution in [2.45, 2.75) is 31.7 Å². The highest BCUT2D eigenvalue weighted by Crippen LogP contribution is 2.28. The van der Waals surface area contributed by atoms with Gasteiger partial charge in [0.15, 0.2) is 0 Å². The van der Waals surface area contributed by atoms with Crippen LogP contribution < -0.4 is 0 Å². The maximum Gasteiger partial charge on any atom is 0.247 e. The average molecular weight is 156 g/mol. The van der Waals surface area contributed by atoms with Gasteiger partial charge in [0, 0.05) is 13.3 Å². The van der Waals surface area contributed by atoms with Crippen molar-refractivity contribution in [2.24, 2.45) is 0 Å². The van der Waals surface area contributed by atoms with Crippen molar-refractivity contribution in [3.63, 3.8) is 0 Å². The molecule has 2 rings (SSSR count). The molecule has 0 N–H and O–H groups in total. The summed E-state index contributed by atoms with van der Waals surface area (Å²) in [5.74, 6) is -0.425. The Labute approximate surface area is 65.9 Å². The van der Waals surface area contributed by atoms with Crippen molar-refractivity contribution in [3.8, 4) is 0 Å². The van der Waals surface area contributed by atoms with E-state index in [0.29, 0.717) is 6.10 Å².